The van der Waals surface area contributed by atoms with Crippen LogP contribution in [0, 0.1) is 5.92 Å². The van der Waals surface area contributed by atoms with Crippen molar-refractivity contribution >= 4 is 17.4 Å². The molecular formula is C31H37N3O2S. The van der Waals surface area contributed by atoms with E-state index in [1.54, 1.807) is 0 Å². The summed E-state index contributed by atoms with van der Waals surface area (Å²) in [6.07, 6.45) is 7.04. The highest BCUT2D eigenvalue weighted by atomic mass is 32.1. The van der Waals surface area contributed by atoms with Gasteiger partial charge in [-0.15, -0.1) is 0 Å². The van der Waals surface area contributed by atoms with E-state index in [9.17, 15) is 9.90 Å². The molecule has 3 aliphatic rings. The van der Waals surface area contributed by atoms with Crippen LogP contribution in [0.3, 0.4) is 0 Å². The fourth-order valence-electron chi connectivity index (χ4n) is 6.52. The average Bonchev–Trinajstić information content (AvgIpc) is 3.45. The molecule has 2 aliphatic carbocycles. The maximum Gasteiger partial charge on any atom is 0.223 e. The quantitative estimate of drug-likeness (QED) is 0.416. The molecule has 1 aliphatic heterocycles. The summed E-state index contributed by atoms with van der Waals surface area (Å²) in [5.74, 6) is 1.19. The van der Waals surface area contributed by atoms with Crippen molar-refractivity contribution in [2.75, 3.05) is 20.1 Å². The Kier molecular flexibility index (Phi) is 6.91. The van der Waals surface area contributed by atoms with Gasteiger partial charge in [-0.25, -0.2) is 0 Å². The zero-order valence-corrected chi connectivity index (χ0v) is 22.5. The Morgan fingerprint density at radius 2 is 1.95 bits per heavy atom. The van der Waals surface area contributed by atoms with Crippen LogP contribution in [0.15, 0.2) is 53.9 Å². The van der Waals surface area contributed by atoms with Crippen LogP contribution < -0.4 is 5.32 Å². The zero-order chi connectivity index (χ0) is 25.4. The highest BCUT2D eigenvalue weighted by Gasteiger charge is 2.38. The summed E-state index contributed by atoms with van der Waals surface area (Å²) in [6, 6.07) is 17.6. The first-order valence-corrected chi connectivity index (χ1v) is 14.7. The van der Waals surface area contributed by atoms with Crippen LogP contribution in [0.25, 0.3) is 11.3 Å². The third-order valence-corrected chi connectivity index (χ3v) is 9.44. The number of carbonyl (C=O) groups excluding carboxylic acids is 1. The summed E-state index contributed by atoms with van der Waals surface area (Å²) in [4.78, 5) is 15.3. The summed E-state index contributed by atoms with van der Waals surface area (Å²) in [7, 11) is 2.03. The fourth-order valence-corrected chi connectivity index (χ4v) is 7.04. The van der Waals surface area contributed by atoms with Crippen molar-refractivity contribution in [1.82, 2.24) is 14.6 Å². The van der Waals surface area contributed by atoms with Gasteiger partial charge >= 0.3 is 0 Å². The number of aromatic nitrogens is 1. The number of rotatable bonds is 8. The van der Waals surface area contributed by atoms with E-state index in [1.807, 2.05) is 23.4 Å². The normalized spacial score (nSPS) is 21.6. The number of hydrogen-bond acceptors (Lipinski definition) is 5. The lowest BCUT2D eigenvalue weighted by molar-refractivity contribution is -0.135. The predicted octanol–water partition coefficient (Wildman–Crippen LogP) is 5.50. The van der Waals surface area contributed by atoms with Gasteiger partial charge in [-0.3, -0.25) is 4.79 Å². The molecule has 6 rings (SSSR count). The standard InChI is InChI=1S/C31H37N3O2S/c1-32-28-10-9-23-17-27(29-11-16-37-33-29)24(18-26(23)28)20-31(36)12-14-34(15-13-31)30(35)19-25(22-7-8-22)21-5-3-2-4-6-21/h2-6,11,16-18,22,25,28,32,36H,7-10,12-15,19-20H2,1H3. The van der Waals surface area contributed by atoms with E-state index in [4.69, 9.17) is 0 Å². The van der Waals surface area contributed by atoms with Gasteiger partial charge in [-0.1, -0.05) is 36.4 Å². The molecule has 2 atom stereocenters. The highest BCUT2D eigenvalue weighted by molar-refractivity contribution is 7.03. The van der Waals surface area contributed by atoms with Crippen molar-refractivity contribution in [1.29, 1.82) is 0 Å². The minimum absolute atomic E-state index is 0.236. The summed E-state index contributed by atoms with van der Waals surface area (Å²) >= 11 is 1.47. The molecule has 2 fully saturated rings. The SMILES string of the molecule is CNC1CCc2cc(-c3ccsn3)c(CC3(O)CCN(C(=O)CC(c4ccccc4)C4CC4)CC3)cc21. The van der Waals surface area contributed by atoms with E-state index in [2.05, 4.69) is 52.2 Å². The molecule has 0 radical (unpaired) electrons. The molecule has 2 heterocycles. The van der Waals surface area contributed by atoms with Crippen molar-refractivity contribution in [2.45, 2.75) is 68.9 Å². The number of fused-ring (bicyclic) bond motifs is 1. The van der Waals surface area contributed by atoms with E-state index < -0.39 is 5.60 Å². The van der Waals surface area contributed by atoms with Crippen molar-refractivity contribution in [3.8, 4) is 11.3 Å². The van der Waals surface area contributed by atoms with Crippen LogP contribution in [0.2, 0.25) is 0 Å². The van der Waals surface area contributed by atoms with Gasteiger partial charge in [0.25, 0.3) is 0 Å². The predicted molar refractivity (Wildman–Crippen MR) is 149 cm³/mol. The number of piperidine rings is 1. The maximum atomic E-state index is 13.3. The van der Waals surface area contributed by atoms with Crippen molar-refractivity contribution in [2.24, 2.45) is 5.92 Å². The summed E-state index contributed by atoms with van der Waals surface area (Å²) in [6.45, 7) is 1.25. The Bertz CT molecular complexity index is 1230. The number of carbonyl (C=O) groups is 1. The van der Waals surface area contributed by atoms with Crippen LogP contribution in [-0.4, -0.2) is 46.0 Å². The number of aliphatic hydroxyl groups is 1. The van der Waals surface area contributed by atoms with Crippen molar-refractivity contribution in [3.63, 3.8) is 0 Å². The number of hydrogen-bond donors (Lipinski definition) is 2. The number of aryl methyl sites for hydroxylation is 1. The van der Waals surface area contributed by atoms with Gasteiger partial charge < -0.3 is 15.3 Å². The van der Waals surface area contributed by atoms with Gasteiger partial charge in [0.2, 0.25) is 5.91 Å². The summed E-state index contributed by atoms with van der Waals surface area (Å²) in [5, 5.41) is 17.2. The smallest absolute Gasteiger partial charge is 0.223 e. The molecule has 3 aromatic rings. The molecule has 1 amide bonds. The zero-order valence-electron chi connectivity index (χ0n) is 21.7. The molecular weight excluding hydrogens is 478 g/mol. The largest absolute Gasteiger partial charge is 0.389 e. The van der Waals surface area contributed by atoms with Gasteiger partial charge in [0.05, 0.1) is 11.3 Å². The Morgan fingerprint density at radius 3 is 2.62 bits per heavy atom. The van der Waals surface area contributed by atoms with E-state index >= 15 is 0 Å². The average molecular weight is 516 g/mol. The molecule has 2 N–H and O–H groups in total. The lowest BCUT2D eigenvalue weighted by atomic mass is 9.82. The number of nitrogens with one attached hydrogen (secondary N) is 1. The van der Waals surface area contributed by atoms with Crippen molar-refractivity contribution in [3.05, 3.63) is 76.2 Å². The van der Waals surface area contributed by atoms with Gasteiger partial charge in [0.1, 0.15) is 0 Å². The van der Waals surface area contributed by atoms with Crippen LogP contribution in [-0.2, 0) is 17.6 Å². The van der Waals surface area contributed by atoms with Crippen LogP contribution in [0.1, 0.15) is 72.7 Å². The van der Waals surface area contributed by atoms with Crippen molar-refractivity contribution < 1.29 is 9.90 Å². The molecule has 2 aromatic carbocycles. The lowest BCUT2D eigenvalue weighted by Crippen LogP contribution is -2.48. The van der Waals surface area contributed by atoms with Gasteiger partial charge in [0.15, 0.2) is 0 Å². The first kappa shape index (κ1) is 24.8. The molecule has 6 heteroatoms. The Balaban J connectivity index is 1.15. The molecule has 1 saturated carbocycles. The maximum absolute atomic E-state index is 13.3. The van der Waals surface area contributed by atoms with Crippen LogP contribution in [0.4, 0.5) is 0 Å². The number of nitrogens with zero attached hydrogens (tertiary/aromatic N) is 2. The van der Waals surface area contributed by atoms with Crippen LogP contribution >= 0.6 is 11.5 Å². The second kappa shape index (κ2) is 10.3. The van der Waals surface area contributed by atoms with Crippen LogP contribution in [0.5, 0.6) is 0 Å². The topological polar surface area (TPSA) is 65.5 Å². The highest BCUT2D eigenvalue weighted by Crippen LogP contribution is 2.45. The van der Waals surface area contributed by atoms with Gasteiger partial charge in [-0.05, 0) is 103 Å². The fraction of sp³-hybridized carbons (Fsp3) is 0.484. The van der Waals surface area contributed by atoms with E-state index in [0.717, 1.165) is 24.1 Å². The molecule has 37 heavy (non-hydrogen) atoms. The molecule has 1 aromatic heterocycles. The number of amides is 1. The third kappa shape index (κ3) is 5.25. The first-order valence-electron chi connectivity index (χ1n) is 13.8. The molecule has 0 spiro atoms. The molecule has 0 bridgehead atoms. The first-order chi connectivity index (χ1) is 18.0. The van der Waals surface area contributed by atoms with E-state index in [0.29, 0.717) is 56.7 Å². The summed E-state index contributed by atoms with van der Waals surface area (Å²) in [5.41, 5.74) is 6.56. The minimum Gasteiger partial charge on any atom is -0.389 e. The lowest BCUT2D eigenvalue weighted by Gasteiger charge is -2.39. The van der Waals surface area contributed by atoms with Gasteiger partial charge in [0, 0.05) is 42.9 Å². The monoisotopic (exact) mass is 515 g/mol. The number of benzene rings is 2. The minimum atomic E-state index is -0.807. The molecule has 1 saturated heterocycles. The molecule has 194 valence electrons. The van der Waals surface area contributed by atoms with E-state index in [-0.39, 0.29) is 5.91 Å². The molecule has 2 unspecified atom stereocenters. The Labute approximate surface area is 224 Å². The Hall–Kier alpha value is -2.54. The van der Waals surface area contributed by atoms with Gasteiger partial charge in [-0.2, -0.15) is 4.37 Å². The molecule has 5 nitrogen and oxygen atoms in total. The second-order valence-corrected chi connectivity index (χ2v) is 12.0. The second-order valence-electron chi connectivity index (χ2n) is 11.3. The van der Waals surface area contributed by atoms with E-state index in [1.165, 1.54) is 46.6 Å². The Morgan fingerprint density at radius 1 is 1.16 bits per heavy atom. The number of likely N-dealkylation sites (tertiary alicyclic amines) is 1. The summed E-state index contributed by atoms with van der Waals surface area (Å²) < 4.78 is 4.63. The third-order valence-electron chi connectivity index (χ3n) is 8.88.